The number of carbonyl (C=O) groups is 1. The number of esters is 1. The van der Waals surface area contributed by atoms with E-state index in [0.717, 1.165) is 12.5 Å². The summed E-state index contributed by atoms with van der Waals surface area (Å²) in [7, 11) is -5.98. The minimum atomic E-state index is -3.64. The summed E-state index contributed by atoms with van der Waals surface area (Å²) in [5, 5.41) is 0. The predicted molar refractivity (Wildman–Crippen MR) is 92.5 cm³/mol. The van der Waals surface area contributed by atoms with E-state index in [9.17, 15) is 21.6 Å². The van der Waals surface area contributed by atoms with Gasteiger partial charge in [0.05, 0.1) is 39.4 Å². The lowest BCUT2D eigenvalue weighted by Crippen LogP contribution is -2.07. The highest BCUT2D eigenvalue weighted by atomic mass is 32.2. The highest BCUT2D eigenvalue weighted by molar-refractivity contribution is 7.86. The summed E-state index contributed by atoms with van der Waals surface area (Å²) in [6.45, 7) is -0.244. The number of hydrogen-bond donors (Lipinski definition) is 0. The summed E-state index contributed by atoms with van der Waals surface area (Å²) in [5.41, 5.74) is 0.931. The fourth-order valence-electron chi connectivity index (χ4n) is 1.84. The van der Waals surface area contributed by atoms with Crippen molar-refractivity contribution in [3.63, 3.8) is 0 Å². The second-order valence-corrected chi connectivity index (χ2v) is 8.73. The van der Waals surface area contributed by atoms with E-state index in [1.807, 2.05) is 0 Å². The van der Waals surface area contributed by atoms with Gasteiger partial charge in [0.25, 0.3) is 20.2 Å². The molecule has 0 aliphatic carbocycles. The van der Waals surface area contributed by atoms with Crippen LogP contribution in [-0.2, 0) is 51.3 Å². The van der Waals surface area contributed by atoms with Crippen molar-refractivity contribution in [2.75, 3.05) is 26.2 Å². The molecule has 0 saturated heterocycles. The highest BCUT2D eigenvalue weighted by Crippen LogP contribution is 2.20. The van der Waals surface area contributed by atoms with Crippen molar-refractivity contribution in [1.82, 2.24) is 0 Å². The van der Waals surface area contributed by atoms with Gasteiger partial charge >= 0.3 is 5.97 Å². The molecule has 0 aliphatic rings. The van der Waals surface area contributed by atoms with Gasteiger partial charge in [0.1, 0.15) is 5.75 Å². The Labute approximate surface area is 153 Å². The van der Waals surface area contributed by atoms with Crippen molar-refractivity contribution in [3.8, 4) is 5.75 Å². The molecule has 0 aliphatic heterocycles. The number of carbonyl (C=O) groups excluding carboxylic acids is 1. The van der Waals surface area contributed by atoms with Gasteiger partial charge in [0.2, 0.25) is 0 Å². The van der Waals surface area contributed by atoms with Crippen molar-refractivity contribution in [2.45, 2.75) is 26.1 Å². The van der Waals surface area contributed by atoms with Crippen molar-refractivity contribution < 1.29 is 39.5 Å². The third-order valence-corrected chi connectivity index (χ3v) is 4.02. The van der Waals surface area contributed by atoms with Crippen molar-refractivity contribution in [1.29, 1.82) is 0 Å². The molecular formula is C15H22O9S2. The lowest BCUT2D eigenvalue weighted by atomic mass is 10.1. The molecule has 9 nitrogen and oxygen atoms in total. The first-order valence-electron chi connectivity index (χ1n) is 7.50. The lowest BCUT2D eigenvalue weighted by Gasteiger charge is -2.11. The van der Waals surface area contributed by atoms with E-state index in [0.29, 0.717) is 23.3 Å². The lowest BCUT2D eigenvalue weighted by molar-refractivity contribution is -0.140. The van der Waals surface area contributed by atoms with Gasteiger partial charge in [-0.15, -0.1) is 0 Å². The fourth-order valence-corrected chi connectivity index (χ4v) is 2.54. The first kappa shape index (κ1) is 22.4. The number of hydrogen-bond acceptors (Lipinski definition) is 9. The molecule has 0 unspecified atom stereocenters. The van der Waals surface area contributed by atoms with E-state index in [1.165, 1.54) is 7.11 Å². The number of ether oxygens (including phenoxy) is 2. The molecule has 0 radical (unpaired) electrons. The molecular weight excluding hydrogens is 388 g/mol. The quantitative estimate of drug-likeness (QED) is 0.298. The number of rotatable bonds is 11. The fraction of sp³-hybridized carbons (Fsp3) is 0.533. The first-order valence-corrected chi connectivity index (χ1v) is 11.1. The van der Waals surface area contributed by atoms with E-state index >= 15 is 0 Å². The standard InChI is InChI=1S/C15H22O9S2/c1-21-15(16)5-4-6-22-14-8-12(10-23-25(2,17)18)7-13(9-14)11-24-26(3,19)20/h7-9H,4-6,10-11H2,1-3H3. The molecule has 0 saturated carbocycles. The summed E-state index contributed by atoms with van der Waals surface area (Å²) in [5.74, 6) is 0.0164. The molecule has 148 valence electrons. The molecule has 0 heterocycles. The monoisotopic (exact) mass is 410 g/mol. The average molecular weight is 410 g/mol. The van der Waals surface area contributed by atoms with Crippen molar-refractivity contribution in [3.05, 3.63) is 29.3 Å². The Bertz CT molecular complexity index is 759. The van der Waals surface area contributed by atoms with Crippen LogP contribution in [0.5, 0.6) is 5.75 Å². The SMILES string of the molecule is COC(=O)CCCOc1cc(COS(C)(=O)=O)cc(COS(C)(=O)=O)c1. The summed E-state index contributed by atoms with van der Waals surface area (Å²) in [6.07, 6.45) is 2.46. The summed E-state index contributed by atoms with van der Waals surface area (Å²) in [4.78, 5) is 11.1. The zero-order valence-electron chi connectivity index (χ0n) is 14.8. The van der Waals surface area contributed by atoms with Gasteiger partial charge in [-0.1, -0.05) is 6.07 Å². The molecule has 0 fully saturated rings. The molecule has 26 heavy (non-hydrogen) atoms. The van der Waals surface area contributed by atoms with Crippen molar-refractivity contribution in [2.24, 2.45) is 0 Å². The van der Waals surface area contributed by atoms with Gasteiger partial charge < -0.3 is 9.47 Å². The Morgan fingerprint density at radius 2 is 1.42 bits per heavy atom. The maximum Gasteiger partial charge on any atom is 0.305 e. The van der Waals surface area contributed by atoms with E-state index in [1.54, 1.807) is 18.2 Å². The maximum absolute atomic E-state index is 11.1. The van der Waals surface area contributed by atoms with Crippen molar-refractivity contribution >= 4 is 26.2 Å². The first-order chi connectivity index (χ1) is 12.0. The van der Waals surface area contributed by atoms with Gasteiger partial charge in [-0.3, -0.25) is 13.2 Å². The largest absolute Gasteiger partial charge is 0.494 e. The summed E-state index contributed by atoms with van der Waals surface area (Å²) in [6, 6.07) is 4.68. The number of methoxy groups -OCH3 is 1. The minimum Gasteiger partial charge on any atom is -0.494 e. The molecule has 0 amide bonds. The number of benzene rings is 1. The summed E-state index contributed by atoms with van der Waals surface area (Å²) >= 11 is 0. The van der Waals surface area contributed by atoms with Crippen LogP contribution in [-0.4, -0.2) is 49.0 Å². The van der Waals surface area contributed by atoms with Crippen LogP contribution < -0.4 is 4.74 Å². The smallest absolute Gasteiger partial charge is 0.305 e. The zero-order chi connectivity index (χ0) is 19.8. The van der Waals surface area contributed by atoms with Crippen LogP contribution in [0.1, 0.15) is 24.0 Å². The summed E-state index contributed by atoms with van der Waals surface area (Å²) < 4.78 is 64.1. The topological polar surface area (TPSA) is 122 Å². The van der Waals surface area contributed by atoms with Gasteiger partial charge in [0, 0.05) is 6.42 Å². The third kappa shape index (κ3) is 10.3. The third-order valence-electron chi connectivity index (χ3n) is 2.93. The van der Waals surface area contributed by atoms with E-state index < -0.39 is 20.2 Å². The van der Waals surface area contributed by atoms with Crippen LogP contribution in [0.2, 0.25) is 0 Å². The Hall–Kier alpha value is -1.69. The van der Waals surface area contributed by atoms with E-state index in [-0.39, 0.29) is 32.2 Å². The molecule has 1 aromatic rings. The van der Waals surface area contributed by atoms with E-state index in [2.05, 4.69) is 4.74 Å². The second-order valence-electron chi connectivity index (χ2n) is 5.45. The minimum absolute atomic E-state index is 0.192. The highest BCUT2D eigenvalue weighted by Gasteiger charge is 2.09. The zero-order valence-corrected chi connectivity index (χ0v) is 16.4. The average Bonchev–Trinajstić information content (AvgIpc) is 2.53. The van der Waals surface area contributed by atoms with Gasteiger partial charge in [-0.25, -0.2) is 0 Å². The van der Waals surface area contributed by atoms with E-state index in [4.69, 9.17) is 13.1 Å². The van der Waals surface area contributed by atoms with Crippen LogP contribution in [0.3, 0.4) is 0 Å². The molecule has 0 spiro atoms. The maximum atomic E-state index is 11.1. The Morgan fingerprint density at radius 3 is 1.85 bits per heavy atom. The molecule has 0 bridgehead atoms. The van der Waals surface area contributed by atoms with Crippen LogP contribution in [0.25, 0.3) is 0 Å². The van der Waals surface area contributed by atoms with Crippen LogP contribution in [0, 0.1) is 0 Å². The molecule has 0 atom stereocenters. The second kappa shape index (κ2) is 9.86. The van der Waals surface area contributed by atoms with Crippen LogP contribution in [0.15, 0.2) is 18.2 Å². The van der Waals surface area contributed by atoms with Crippen LogP contribution in [0.4, 0.5) is 0 Å². The predicted octanol–water partition coefficient (Wildman–Crippen LogP) is 0.971. The van der Waals surface area contributed by atoms with Crippen LogP contribution >= 0.6 is 0 Å². The van der Waals surface area contributed by atoms with Gasteiger partial charge in [0.15, 0.2) is 0 Å². The molecule has 1 rings (SSSR count). The molecule has 11 heteroatoms. The van der Waals surface area contributed by atoms with Gasteiger partial charge in [-0.2, -0.15) is 16.8 Å². The van der Waals surface area contributed by atoms with Gasteiger partial charge in [-0.05, 0) is 29.7 Å². The Balaban J connectivity index is 2.83. The normalized spacial score (nSPS) is 12.0. The molecule has 1 aromatic carbocycles. The molecule has 0 aromatic heterocycles. The Morgan fingerprint density at radius 1 is 0.923 bits per heavy atom. The molecule has 0 N–H and O–H groups in total. The Kier molecular flexibility index (Phi) is 8.47.